The van der Waals surface area contributed by atoms with Gasteiger partial charge in [-0.25, -0.2) is 4.39 Å². The van der Waals surface area contributed by atoms with Gasteiger partial charge in [-0.2, -0.15) is 0 Å². The summed E-state index contributed by atoms with van der Waals surface area (Å²) in [6.45, 7) is 4.05. The van der Waals surface area contributed by atoms with E-state index in [0.29, 0.717) is 25.0 Å². The maximum atomic E-state index is 13.5. The van der Waals surface area contributed by atoms with Gasteiger partial charge in [-0.15, -0.1) is 0 Å². The Bertz CT molecular complexity index is 407. The standard InChI is InChI=1S/C14H20FNO2/c1-3-18-14(17)7-5-12(16)9-11-8-10(2)4-6-13(11)15/h4,6,8,12H,3,5,7,9,16H2,1-2H3. The van der Waals surface area contributed by atoms with Crippen LogP contribution in [0.15, 0.2) is 18.2 Å². The van der Waals surface area contributed by atoms with Crippen molar-refractivity contribution in [2.24, 2.45) is 5.73 Å². The van der Waals surface area contributed by atoms with Gasteiger partial charge in [0.15, 0.2) is 0 Å². The van der Waals surface area contributed by atoms with Crippen LogP contribution in [0.5, 0.6) is 0 Å². The van der Waals surface area contributed by atoms with Crippen LogP contribution in [-0.4, -0.2) is 18.6 Å². The van der Waals surface area contributed by atoms with E-state index in [1.54, 1.807) is 19.1 Å². The van der Waals surface area contributed by atoms with Crippen molar-refractivity contribution in [3.63, 3.8) is 0 Å². The normalized spacial score (nSPS) is 12.2. The van der Waals surface area contributed by atoms with Gasteiger partial charge in [-0.1, -0.05) is 17.7 Å². The van der Waals surface area contributed by atoms with Crippen LogP contribution in [0.25, 0.3) is 0 Å². The van der Waals surface area contributed by atoms with Crippen molar-refractivity contribution >= 4 is 5.97 Å². The number of aryl methyl sites for hydroxylation is 1. The molecule has 0 aromatic heterocycles. The fourth-order valence-electron chi connectivity index (χ4n) is 1.78. The summed E-state index contributed by atoms with van der Waals surface area (Å²) < 4.78 is 18.3. The quantitative estimate of drug-likeness (QED) is 0.792. The molecule has 1 unspecified atom stereocenters. The van der Waals surface area contributed by atoms with Crippen molar-refractivity contribution in [1.29, 1.82) is 0 Å². The Hall–Kier alpha value is -1.42. The van der Waals surface area contributed by atoms with Crippen LogP contribution in [0, 0.1) is 12.7 Å². The lowest BCUT2D eigenvalue weighted by Gasteiger charge is -2.12. The molecule has 4 heteroatoms. The third-order valence-electron chi connectivity index (χ3n) is 2.71. The molecule has 2 N–H and O–H groups in total. The third-order valence-corrected chi connectivity index (χ3v) is 2.71. The summed E-state index contributed by atoms with van der Waals surface area (Å²) in [5.41, 5.74) is 7.50. The van der Waals surface area contributed by atoms with Gasteiger partial charge in [0.05, 0.1) is 6.61 Å². The average molecular weight is 253 g/mol. The minimum atomic E-state index is -0.252. The number of hydrogen-bond donors (Lipinski definition) is 1. The highest BCUT2D eigenvalue weighted by Crippen LogP contribution is 2.13. The Morgan fingerprint density at radius 1 is 1.50 bits per heavy atom. The molecular weight excluding hydrogens is 233 g/mol. The third kappa shape index (κ3) is 4.84. The molecule has 0 aliphatic carbocycles. The van der Waals surface area contributed by atoms with Crippen LogP contribution in [0.3, 0.4) is 0 Å². The highest BCUT2D eigenvalue weighted by atomic mass is 19.1. The van der Waals surface area contributed by atoms with E-state index >= 15 is 0 Å². The zero-order valence-corrected chi connectivity index (χ0v) is 10.9. The number of ether oxygens (including phenoxy) is 1. The number of carbonyl (C=O) groups is 1. The molecule has 0 saturated heterocycles. The van der Waals surface area contributed by atoms with Gasteiger partial charge in [-0.3, -0.25) is 4.79 Å². The van der Waals surface area contributed by atoms with Crippen molar-refractivity contribution in [1.82, 2.24) is 0 Å². The number of halogens is 1. The van der Waals surface area contributed by atoms with Crippen molar-refractivity contribution in [2.75, 3.05) is 6.61 Å². The zero-order chi connectivity index (χ0) is 13.5. The van der Waals surface area contributed by atoms with E-state index in [9.17, 15) is 9.18 Å². The van der Waals surface area contributed by atoms with Gasteiger partial charge in [0.2, 0.25) is 0 Å². The Labute approximate surface area is 107 Å². The summed E-state index contributed by atoms with van der Waals surface area (Å²) in [6.07, 6.45) is 1.22. The topological polar surface area (TPSA) is 52.3 Å². The molecule has 0 bridgehead atoms. The summed E-state index contributed by atoms with van der Waals surface area (Å²) in [5.74, 6) is -0.496. The zero-order valence-electron chi connectivity index (χ0n) is 10.9. The van der Waals surface area contributed by atoms with Gasteiger partial charge in [0, 0.05) is 12.5 Å². The fraction of sp³-hybridized carbons (Fsp3) is 0.500. The predicted octanol–water partition coefficient (Wildman–Crippen LogP) is 2.35. The number of benzene rings is 1. The Kier molecular flexibility index (Phi) is 5.78. The first-order valence-electron chi connectivity index (χ1n) is 6.19. The summed E-state index contributed by atoms with van der Waals surface area (Å²) in [5, 5.41) is 0. The number of hydrogen-bond acceptors (Lipinski definition) is 3. The van der Waals surface area contributed by atoms with Crippen LogP contribution < -0.4 is 5.73 Å². The highest BCUT2D eigenvalue weighted by Gasteiger charge is 2.11. The van der Waals surface area contributed by atoms with Crippen molar-refractivity contribution in [2.45, 2.75) is 39.2 Å². The van der Waals surface area contributed by atoms with Crippen molar-refractivity contribution in [3.8, 4) is 0 Å². The minimum absolute atomic E-state index is 0.231. The lowest BCUT2D eigenvalue weighted by atomic mass is 10.0. The van der Waals surface area contributed by atoms with Gasteiger partial charge in [0.1, 0.15) is 5.82 Å². The average Bonchev–Trinajstić information content (AvgIpc) is 2.32. The predicted molar refractivity (Wildman–Crippen MR) is 68.7 cm³/mol. The molecule has 1 aromatic rings. The fourth-order valence-corrected chi connectivity index (χ4v) is 1.78. The summed E-state index contributed by atoms with van der Waals surface area (Å²) in [4.78, 5) is 11.2. The van der Waals surface area contributed by atoms with Crippen molar-refractivity contribution in [3.05, 3.63) is 35.1 Å². The van der Waals surface area contributed by atoms with Gasteiger partial charge < -0.3 is 10.5 Å². The van der Waals surface area contributed by atoms with Crippen LogP contribution in [0.2, 0.25) is 0 Å². The van der Waals surface area contributed by atoms with Crippen molar-refractivity contribution < 1.29 is 13.9 Å². The van der Waals surface area contributed by atoms with Gasteiger partial charge in [-0.05, 0) is 38.3 Å². The molecule has 0 aliphatic rings. The Balaban J connectivity index is 2.46. The number of nitrogens with two attached hydrogens (primary N) is 1. The van der Waals surface area contributed by atoms with Gasteiger partial charge in [0.25, 0.3) is 0 Å². The molecule has 0 spiro atoms. The van der Waals surface area contributed by atoms with E-state index in [4.69, 9.17) is 10.5 Å². The molecule has 100 valence electrons. The lowest BCUT2D eigenvalue weighted by Crippen LogP contribution is -2.24. The first-order valence-corrected chi connectivity index (χ1v) is 6.19. The Morgan fingerprint density at radius 2 is 2.22 bits per heavy atom. The van der Waals surface area contributed by atoms with Gasteiger partial charge >= 0.3 is 5.97 Å². The lowest BCUT2D eigenvalue weighted by molar-refractivity contribution is -0.143. The van der Waals surface area contributed by atoms with Crippen LogP contribution in [-0.2, 0) is 16.0 Å². The number of rotatable bonds is 6. The molecule has 0 amide bonds. The number of esters is 1. The van der Waals surface area contributed by atoms with E-state index in [2.05, 4.69) is 0 Å². The largest absolute Gasteiger partial charge is 0.466 e. The van der Waals surface area contributed by atoms with E-state index < -0.39 is 0 Å². The monoisotopic (exact) mass is 253 g/mol. The minimum Gasteiger partial charge on any atom is -0.466 e. The molecule has 0 heterocycles. The summed E-state index contributed by atoms with van der Waals surface area (Å²) >= 11 is 0. The van der Waals surface area contributed by atoms with Crippen LogP contribution >= 0.6 is 0 Å². The highest BCUT2D eigenvalue weighted by molar-refractivity contribution is 5.69. The molecule has 1 aromatic carbocycles. The second-order valence-corrected chi connectivity index (χ2v) is 4.40. The molecule has 1 rings (SSSR count). The first kappa shape index (κ1) is 14.6. The maximum absolute atomic E-state index is 13.5. The second-order valence-electron chi connectivity index (χ2n) is 4.40. The van der Waals surface area contributed by atoms with E-state index in [0.717, 1.165) is 5.56 Å². The molecule has 1 atom stereocenters. The summed E-state index contributed by atoms with van der Waals surface area (Å²) in [6, 6.07) is 4.73. The molecule has 0 radical (unpaired) electrons. The molecule has 0 aliphatic heterocycles. The smallest absolute Gasteiger partial charge is 0.305 e. The molecule has 18 heavy (non-hydrogen) atoms. The summed E-state index contributed by atoms with van der Waals surface area (Å²) in [7, 11) is 0. The van der Waals surface area contributed by atoms with E-state index in [1.807, 2.05) is 6.92 Å². The number of carbonyl (C=O) groups excluding carboxylic acids is 1. The first-order chi connectivity index (χ1) is 8.52. The van der Waals surface area contributed by atoms with Crippen LogP contribution in [0.4, 0.5) is 4.39 Å². The second kappa shape index (κ2) is 7.11. The SMILES string of the molecule is CCOC(=O)CCC(N)Cc1cc(C)ccc1F. The molecule has 0 saturated carbocycles. The van der Waals surface area contributed by atoms with Crippen LogP contribution in [0.1, 0.15) is 30.9 Å². The maximum Gasteiger partial charge on any atom is 0.305 e. The van der Waals surface area contributed by atoms with E-state index in [-0.39, 0.29) is 24.2 Å². The molecule has 0 fully saturated rings. The molecular formula is C14H20FNO2. The molecule has 3 nitrogen and oxygen atoms in total. The van der Waals surface area contributed by atoms with E-state index in [1.165, 1.54) is 6.07 Å². The Morgan fingerprint density at radius 3 is 2.89 bits per heavy atom.